The Labute approximate surface area is 113 Å². The van der Waals surface area contributed by atoms with Gasteiger partial charge in [-0.25, -0.2) is 0 Å². The average molecular weight is 282 g/mol. The minimum atomic E-state index is -4.45. The van der Waals surface area contributed by atoms with Crippen molar-refractivity contribution in [2.75, 3.05) is 5.73 Å². The maximum absolute atomic E-state index is 12.7. The molecule has 0 amide bonds. The largest absolute Gasteiger partial charge is 0.505 e. The highest BCUT2D eigenvalue weighted by Crippen LogP contribution is 2.41. The van der Waals surface area contributed by atoms with Crippen molar-refractivity contribution in [3.8, 4) is 16.9 Å². The molecule has 106 valence electrons. The van der Waals surface area contributed by atoms with Gasteiger partial charge in [-0.05, 0) is 23.8 Å². The summed E-state index contributed by atoms with van der Waals surface area (Å²) in [6.45, 7) is 3.54. The lowest BCUT2D eigenvalue weighted by Crippen LogP contribution is -2.04. The Bertz CT molecular complexity index is 672. The van der Waals surface area contributed by atoms with Gasteiger partial charge in [0.25, 0.3) is 0 Å². The van der Waals surface area contributed by atoms with Crippen LogP contribution in [0.25, 0.3) is 17.2 Å². The smallest absolute Gasteiger partial charge is 0.416 e. The van der Waals surface area contributed by atoms with Crippen LogP contribution in [0.15, 0.2) is 30.8 Å². The van der Waals surface area contributed by atoms with Crippen LogP contribution in [0.1, 0.15) is 11.3 Å². The molecule has 0 saturated carbocycles. The minimum Gasteiger partial charge on any atom is -0.505 e. The number of nitrogens with two attached hydrogens (primary N) is 1. The summed E-state index contributed by atoms with van der Waals surface area (Å²) in [7, 11) is 1.60. The number of halogens is 3. The van der Waals surface area contributed by atoms with Gasteiger partial charge in [-0.3, -0.25) is 0 Å². The molecule has 0 unspecified atom stereocenters. The van der Waals surface area contributed by atoms with Crippen LogP contribution in [-0.4, -0.2) is 9.67 Å². The first-order valence-electron chi connectivity index (χ1n) is 5.74. The highest BCUT2D eigenvalue weighted by atomic mass is 19.4. The second kappa shape index (κ2) is 4.63. The van der Waals surface area contributed by atoms with E-state index in [1.165, 1.54) is 22.8 Å². The number of aromatic nitrogens is 1. The molecule has 20 heavy (non-hydrogen) atoms. The van der Waals surface area contributed by atoms with E-state index in [4.69, 9.17) is 5.73 Å². The van der Waals surface area contributed by atoms with Gasteiger partial charge < -0.3 is 15.4 Å². The molecular weight excluding hydrogens is 269 g/mol. The Hall–Kier alpha value is -2.37. The predicted molar refractivity (Wildman–Crippen MR) is 72.0 cm³/mol. The summed E-state index contributed by atoms with van der Waals surface area (Å²) in [6, 6.07) is 4.66. The van der Waals surface area contributed by atoms with E-state index in [2.05, 4.69) is 6.58 Å². The molecule has 1 heterocycles. The Balaban J connectivity index is 2.67. The first kappa shape index (κ1) is 14.0. The normalized spacial score (nSPS) is 11.6. The van der Waals surface area contributed by atoms with Crippen LogP contribution in [0.4, 0.5) is 19.0 Å². The molecule has 0 saturated heterocycles. The van der Waals surface area contributed by atoms with Crippen molar-refractivity contribution in [2.24, 2.45) is 7.05 Å². The molecular formula is C14H13F3N2O. The van der Waals surface area contributed by atoms with E-state index in [1.807, 2.05) is 0 Å². The molecule has 2 aromatic rings. The number of rotatable bonds is 2. The van der Waals surface area contributed by atoms with Crippen LogP contribution < -0.4 is 5.73 Å². The molecule has 1 aromatic carbocycles. The number of aromatic hydroxyl groups is 1. The van der Waals surface area contributed by atoms with E-state index in [0.29, 0.717) is 5.69 Å². The zero-order valence-electron chi connectivity index (χ0n) is 10.7. The van der Waals surface area contributed by atoms with Gasteiger partial charge in [0.15, 0.2) is 5.75 Å². The van der Waals surface area contributed by atoms with E-state index < -0.39 is 11.7 Å². The van der Waals surface area contributed by atoms with Crippen LogP contribution in [0.3, 0.4) is 0 Å². The lowest BCUT2D eigenvalue weighted by atomic mass is 10.0. The Morgan fingerprint density at radius 2 is 2.00 bits per heavy atom. The number of benzene rings is 1. The summed E-state index contributed by atoms with van der Waals surface area (Å²) in [4.78, 5) is 0. The van der Waals surface area contributed by atoms with Gasteiger partial charge in [0.2, 0.25) is 0 Å². The van der Waals surface area contributed by atoms with Crippen LogP contribution in [-0.2, 0) is 13.2 Å². The van der Waals surface area contributed by atoms with Gasteiger partial charge in [0, 0.05) is 7.05 Å². The Morgan fingerprint density at radius 1 is 1.35 bits per heavy atom. The van der Waals surface area contributed by atoms with Crippen molar-refractivity contribution >= 4 is 11.9 Å². The zero-order chi connectivity index (χ0) is 15.1. The third-order valence-corrected chi connectivity index (χ3v) is 3.13. The van der Waals surface area contributed by atoms with Crippen molar-refractivity contribution in [1.82, 2.24) is 4.57 Å². The number of hydrogen-bond donors (Lipinski definition) is 2. The van der Waals surface area contributed by atoms with E-state index in [-0.39, 0.29) is 22.7 Å². The standard InChI is InChI=1S/C14H13F3N2O/c1-3-10-12(20)11(13(18)19(10)2)8-5-4-6-9(7-8)14(15,16)17/h3-7,20H,1,18H2,2H3. The molecule has 0 aliphatic heterocycles. The van der Waals surface area contributed by atoms with E-state index in [9.17, 15) is 18.3 Å². The fourth-order valence-electron chi connectivity index (χ4n) is 2.07. The lowest BCUT2D eigenvalue weighted by molar-refractivity contribution is -0.137. The molecule has 2 rings (SSSR count). The van der Waals surface area contributed by atoms with Gasteiger partial charge in [-0.15, -0.1) is 0 Å². The lowest BCUT2D eigenvalue weighted by Gasteiger charge is -2.09. The van der Waals surface area contributed by atoms with Crippen LogP contribution in [0, 0.1) is 0 Å². The Kier molecular flexibility index (Phi) is 3.25. The molecule has 6 heteroatoms. The highest BCUT2D eigenvalue weighted by molar-refractivity contribution is 5.85. The first-order chi connectivity index (χ1) is 9.27. The number of nitrogen functional groups attached to an aromatic ring is 1. The summed E-state index contributed by atoms with van der Waals surface area (Å²) in [5, 5.41) is 10.1. The first-order valence-corrected chi connectivity index (χ1v) is 5.74. The highest BCUT2D eigenvalue weighted by Gasteiger charge is 2.31. The third-order valence-electron chi connectivity index (χ3n) is 3.13. The number of alkyl halides is 3. The molecule has 0 aliphatic carbocycles. The van der Waals surface area contributed by atoms with Crippen LogP contribution >= 0.6 is 0 Å². The van der Waals surface area contributed by atoms with Crippen LogP contribution in [0.5, 0.6) is 5.75 Å². The van der Waals surface area contributed by atoms with Gasteiger partial charge in [-0.1, -0.05) is 18.7 Å². The topological polar surface area (TPSA) is 51.2 Å². The number of anilines is 1. The fourth-order valence-corrected chi connectivity index (χ4v) is 2.07. The third kappa shape index (κ3) is 2.13. The molecule has 1 aromatic heterocycles. The second-order valence-electron chi connectivity index (χ2n) is 4.34. The van der Waals surface area contributed by atoms with Crippen molar-refractivity contribution in [2.45, 2.75) is 6.18 Å². The van der Waals surface area contributed by atoms with Gasteiger partial charge in [0.1, 0.15) is 5.82 Å². The average Bonchev–Trinajstić information content (AvgIpc) is 2.59. The van der Waals surface area contributed by atoms with Crippen molar-refractivity contribution in [3.63, 3.8) is 0 Å². The predicted octanol–water partition coefficient (Wildman–Crippen LogP) is 3.64. The molecule has 3 N–H and O–H groups in total. The maximum atomic E-state index is 12.7. The zero-order valence-corrected chi connectivity index (χ0v) is 10.7. The van der Waals surface area contributed by atoms with Gasteiger partial charge in [-0.2, -0.15) is 13.2 Å². The van der Waals surface area contributed by atoms with E-state index in [1.54, 1.807) is 7.05 Å². The summed E-state index contributed by atoms with van der Waals surface area (Å²) >= 11 is 0. The summed E-state index contributed by atoms with van der Waals surface area (Å²) in [5.74, 6) is -0.00366. The molecule has 0 spiro atoms. The van der Waals surface area contributed by atoms with Gasteiger partial charge in [0.05, 0.1) is 16.8 Å². The molecule has 0 bridgehead atoms. The Morgan fingerprint density at radius 3 is 2.50 bits per heavy atom. The minimum absolute atomic E-state index is 0.175. The molecule has 0 atom stereocenters. The van der Waals surface area contributed by atoms with E-state index in [0.717, 1.165) is 12.1 Å². The van der Waals surface area contributed by atoms with Gasteiger partial charge >= 0.3 is 6.18 Å². The van der Waals surface area contributed by atoms with Crippen LogP contribution in [0.2, 0.25) is 0 Å². The van der Waals surface area contributed by atoms with Crippen molar-refractivity contribution in [3.05, 3.63) is 42.1 Å². The quantitative estimate of drug-likeness (QED) is 0.883. The molecule has 0 fully saturated rings. The van der Waals surface area contributed by atoms with E-state index >= 15 is 0 Å². The second-order valence-corrected chi connectivity index (χ2v) is 4.34. The summed E-state index contributed by atoms with van der Waals surface area (Å²) in [5.41, 5.74) is 5.79. The number of hydrogen-bond acceptors (Lipinski definition) is 2. The monoisotopic (exact) mass is 282 g/mol. The summed E-state index contributed by atoms with van der Waals surface area (Å²) in [6.07, 6.45) is -3.06. The fraction of sp³-hybridized carbons (Fsp3) is 0.143. The molecule has 0 radical (unpaired) electrons. The maximum Gasteiger partial charge on any atom is 0.416 e. The van der Waals surface area contributed by atoms with Crippen molar-refractivity contribution < 1.29 is 18.3 Å². The SMILES string of the molecule is C=Cc1c(O)c(-c2cccc(C(F)(F)F)c2)c(N)n1C. The molecule has 3 nitrogen and oxygen atoms in total. The summed E-state index contributed by atoms with van der Waals surface area (Å²) < 4.78 is 39.6. The van der Waals surface area contributed by atoms with Crippen molar-refractivity contribution in [1.29, 1.82) is 0 Å². The molecule has 0 aliphatic rings. The number of nitrogens with zero attached hydrogens (tertiary/aromatic N) is 1.